The quantitative estimate of drug-likeness (QED) is 0.170. The van der Waals surface area contributed by atoms with Crippen LogP contribution >= 0.6 is 23.2 Å². The number of aromatic nitrogens is 1. The molecule has 0 amide bonds. The van der Waals surface area contributed by atoms with Crippen molar-refractivity contribution in [2.75, 3.05) is 30.4 Å². The number of alkyl halides is 1. The number of rotatable bonds is 9. The van der Waals surface area contributed by atoms with Gasteiger partial charge >= 0.3 is 214 Å². The zero-order valence-electron chi connectivity index (χ0n) is 19.5. The third kappa shape index (κ3) is 6.46. The summed E-state index contributed by atoms with van der Waals surface area (Å²) >= 11 is 12.6. The molecule has 2 aromatic carbocycles. The van der Waals surface area contributed by atoms with Gasteiger partial charge in [-0.2, -0.15) is 0 Å². The Morgan fingerprint density at radius 1 is 1.12 bits per heavy atom. The van der Waals surface area contributed by atoms with E-state index in [1.165, 1.54) is 36.8 Å². The maximum Gasteiger partial charge on any atom is -1.00 e. The molecular weight excluding hydrogens is 596 g/mol. The van der Waals surface area contributed by atoms with Gasteiger partial charge in [-0.25, -0.2) is 0 Å². The summed E-state index contributed by atoms with van der Waals surface area (Å²) in [6.45, 7) is 8.12. The van der Waals surface area contributed by atoms with Gasteiger partial charge in [-0.3, -0.25) is 0 Å². The van der Waals surface area contributed by atoms with E-state index in [9.17, 15) is 0 Å². The predicted molar refractivity (Wildman–Crippen MR) is 144 cm³/mol. The molecule has 3 nitrogen and oxygen atoms in total. The van der Waals surface area contributed by atoms with Crippen LogP contribution < -0.4 is 36.2 Å². The fourth-order valence-electron chi connectivity index (χ4n) is 4.06. The molecule has 3 aromatic rings. The van der Waals surface area contributed by atoms with Crippen molar-refractivity contribution in [3.63, 3.8) is 0 Å². The molecule has 0 atom stereocenters. The monoisotopic (exact) mass is 625 g/mol. The summed E-state index contributed by atoms with van der Waals surface area (Å²) in [4.78, 5) is 2.44. The zero-order chi connectivity index (χ0) is 23.2. The molecule has 4 rings (SSSR count). The molecular formula is C27H30BrCl2N3Se. The summed E-state index contributed by atoms with van der Waals surface area (Å²) in [5, 5.41) is 5.59. The second-order valence-electron chi connectivity index (χ2n) is 8.15. The molecule has 0 bridgehead atoms. The molecule has 180 valence electrons. The van der Waals surface area contributed by atoms with Gasteiger partial charge in [-0.05, 0) is 0 Å². The minimum absolute atomic E-state index is 0. The third-order valence-electron chi connectivity index (χ3n) is 5.68. The number of pyridine rings is 1. The van der Waals surface area contributed by atoms with E-state index in [0.29, 0.717) is 5.88 Å². The van der Waals surface area contributed by atoms with Gasteiger partial charge in [0.15, 0.2) is 0 Å². The molecule has 0 saturated heterocycles. The molecule has 0 fully saturated rings. The van der Waals surface area contributed by atoms with Crippen molar-refractivity contribution >= 4 is 65.3 Å². The number of hydrogen-bond donors (Lipinski definition) is 1. The maximum atomic E-state index is 6.29. The number of fused-ring (bicyclic) bond motifs is 2. The number of allylic oxidation sites excluding steroid dienone is 2. The summed E-state index contributed by atoms with van der Waals surface area (Å²) < 4.78 is 4.95. The molecule has 1 aromatic heterocycles. The number of halogens is 3. The van der Waals surface area contributed by atoms with E-state index in [1.54, 1.807) is 0 Å². The molecule has 1 aliphatic heterocycles. The Bertz CT molecular complexity index is 1200. The summed E-state index contributed by atoms with van der Waals surface area (Å²) in [7, 11) is 0. The Balaban J connectivity index is 0.00000324. The summed E-state index contributed by atoms with van der Waals surface area (Å²) in [5.74, 6) is 0.602. The first-order chi connectivity index (χ1) is 16.1. The standard InChI is InChI=1S/C27H30Cl2N3Se.BrH/c1-3-13-30-14-17-32-24-10-8-22(29)19-26(24)33-27(32)6-4-5-21-11-15-31(16-12-28)25-18-20(2)7-9-23(21)25;/h4-11,15,18-19,30H,3,12-14,16-17H2,1-2H3;1H/q+1;/p-1. The van der Waals surface area contributed by atoms with E-state index in [-0.39, 0.29) is 31.9 Å². The number of nitrogens with zero attached hydrogens (tertiary/aromatic N) is 2. The number of nitrogens with one attached hydrogen (secondary N) is 1. The average molecular weight is 626 g/mol. The van der Waals surface area contributed by atoms with Gasteiger partial charge in [0.25, 0.3) is 0 Å². The first-order valence-corrected chi connectivity index (χ1v) is 14.1. The second kappa shape index (κ2) is 13.1. The second-order valence-corrected chi connectivity index (χ2v) is 11.2. The van der Waals surface area contributed by atoms with Gasteiger partial charge in [-0.15, -0.1) is 0 Å². The molecule has 0 radical (unpaired) electrons. The van der Waals surface area contributed by atoms with Crippen LogP contribution in [0.25, 0.3) is 17.0 Å². The number of hydrogen-bond acceptors (Lipinski definition) is 2. The average Bonchev–Trinajstić information content (AvgIpc) is 3.14. The van der Waals surface area contributed by atoms with E-state index in [2.05, 4.69) is 89.5 Å². The van der Waals surface area contributed by atoms with Gasteiger partial charge in [0.2, 0.25) is 0 Å². The molecule has 2 heterocycles. The van der Waals surface area contributed by atoms with E-state index >= 15 is 0 Å². The molecule has 1 N–H and O–H groups in total. The van der Waals surface area contributed by atoms with Gasteiger partial charge in [0.1, 0.15) is 0 Å². The molecule has 0 unspecified atom stereocenters. The van der Waals surface area contributed by atoms with Crippen LogP contribution in [0.4, 0.5) is 5.69 Å². The topological polar surface area (TPSA) is 19.1 Å². The van der Waals surface area contributed by atoms with E-state index < -0.39 is 0 Å². The van der Waals surface area contributed by atoms with Gasteiger partial charge in [0, 0.05) is 0 Å². The minimum Gasteiger partial charge on any atom is -1.00 e. The van der Waals surface area contributed by atoms with Crippen molar-refractivity contribution in [3.8, 4) is 0 Å². The van der Waals surface area contributed by atoms with Crippen molar-refractivity contribution in [3.05, 3.63) is 81.6 Å². The van der Waals surface area contributed by atoms with Crippen molar-refractivity contribution < 1.29 is 21.5 Å². The molecule has 0 saturated carbocycles. The van der Waals surface area contributed by atoms with Gasteiger partial charge in [0.05, 0.1) is 0 Å². The first kappa shape index (κ1) is 27.3. The Morgan fingerprint density at radius 3 is 2.76 bits per heavy atom. The zero-order valence-corrected chi connectivity index (χ0v) is 24.3. The van der Waals surface area contributed by atoms with Gasteiger partial charge in [-0.1, -0.05) is 0 Å². The van der Waals surface area contributed by atoms with Crippen LogP contribution in [0, 0.1) is 6.92 Å². The Hall–Kier alpha value is -1.33. The van der Waals surface area contributed by atoms with Crippen LogP contribution in [0.3, 0.4) is 0 Å². The molecule has 7 heteroatoms. The smallest absolute Gasteiger partial charge is 1.00 e. The van der Waals surface area contributed by atoms with Crippen LogP contribution in [0.1, 0.15) is 24.5 Å². The number of benzene rings is 2. The van der Waals surface area contributed by atoms with Crippen LogP contribution in [0.2, 0.25) is 5.02 Å². The Morgan fingerprint density at radius 2 is 1.97 bits per heavy atom. The van der Waals surface area contributed by atoms with Crippen molar-refractivity contribution in [1.82, 2.24) is 5.32 Å². The van der Waals surface area contributed by atoms with E-state index in [1.807, 2.05) is 6.07 Å². The van der Waals surface area contributed by atoms with Gasteiger partial charge < -0.3 is 17.0 Å². The van der Waals surface area contributed by atoms with Crippen molar-refractivity contribution in [2.45, 2.75) is 26.8 Å². The molecule has 1 aliphatic rings. The predicted octanol–water partition coefficient (Wildman–Crippen LogP) is 2.04. The maximum absolute atomic E-state index is 6.29. The van der Waals surface area contributed by atoms with Crippen LogP contribution in [-0.2, 0) is 6.54 Å². The minimum atomic E-state index is 0. The summed E-state index contributed by atoms with van der Waals surface area (Å²) in [6.07, 6.45) is 9.97. The fraction of sp³-hybridized carbons (Fsp3) is 0.296. The largest absolute Gasteiger partial charge is 1.00 e. The van der Waals surface area contributed by atoms with Crippen LogP contribution in [-0.4, -0.2) is 40.5 Å². The number of aryl methyl sites for hydroxylation is 2. The van der Waals surface area contributed by atoms with Crippen LogP contribution in [0.15, 0.2) is 65.4 Å². The van der Waals surface area contributed by atoms with E-state index in [0.717, 1.165) is 37.6 Å². The fourth-order valence-corrected chi connectivity index (χ4v) is 6.95. The van der Waals surface area contributed by atoms with Crippen molar-refractivity contribution in [1.29, 1.82) is 0 Å². The third-order valence-corrected chi connectivity index (χ3v) is 8.42. The number of anilines is 1. The molecule has 34 heavy (non-hydrogen) atoms. The normalized spacial score (nSPS) is 14.2. The summed E-state index contributed by atoms with van der Waals surface area (Å²) in [6, 6.07) is 15.1. The summed E-state index contributed by atoms with van der Waals surface area (Å²) in [5.41, 5.74) is 4.99. The molecule has 0 aliphatic carbocycles. The Kier molecular flexibility index (Phi) is 10.5. The Labute approximate surface area is 229 Å². The molecule has 0 spiro atoms. The van der Waals surface area contributed by atoms with Crippen molar-refractivity contribution in [2.24, 2.45) is 0 Å². The van der Waals surface area contributed by atoms with E-state index in [4.69, 9.17) is 23.2 Å². The van der Waals surface area contributed by atoms with Crippen LogP contribution in [0.5, 0.6) is 0 Å². The SMILES string of the molecule is CCCNCCN1/C(=C\C=C\c2cc[n+](CCCl)c3cc(C)ccc23)[Se]c2cc(Cl)ccc21.[Br-]. The first-order valence-electron chi connectivity index (χ1n) is 11.4.